The highest BCUT2D eigenvalue weighted by molar-refractivity contribution is 8.14. The van der Waals surface area contributed by atoms with Gasteiger partial charge in [-0.2, -0.15) is 5.10 Å². The number of nitrogens with one attached hydrogen (secondary N) is 1. The van der Waals surface area contributed by atoms with Crippen LogP contribution in [0.4, 0.5) is 4.39 Å². The number of benzene rings is 1. The number of aliphatic imine (C=N–C) groups is 1. The molecule has 1 aromatic heterocycles. The second-order valence-electron chi connectivity index (χ2n) is 5.51. The molecule has 0 saturated carbocycles. The van der Waals surface area contributed by atoms with Crippen molar-refractivity contribution >= 4 is 22.8 Å². The molecule has 1 aromatic carbocycles. The number of hydrogen-bond acceptors (Lipinski definition) is 4. The number of hydrogen-bond donors (Lipinski definition) is 1. The van der Waals surface area contributed by atoms with E-state index >= 15 is 0 Å². The Balaban J connectivity index is 1.69. The second kappa shape index (κ2) is 5.81. The SMILES string of the molecule is O=C(NC1=NCCS1)c1nn(-c2ccc(F)cc2)c2c1CCC2. The lowest BCUT2D eigenvalue weighted by Gasteiger charge is -2.05. The Hall–Kier alpha value is -2.15. The lowest BCUT2D eigenvalue weighted by atomic mass is 10.2. The van der Waals surface area contributed by atoms with Gasteiger partial charge in [0.15, 0.2) is 10.9 Å². The zero-order chi connectivity index (χ0) is 15.8. The third-order valence-corrected chi connectivity index (χ3v) is 4.91. The quantitative estimate of drug-likeness (QED) is 0.919. The van der Waals surface area contributed by atoms with E-state index in [0.717, 1.165) is 48.5 Å². The van der Waals surface area contributed by atoms with E-state index in [4.69, 9.17) is 0 Å². The molecule has 7 heteroatoms. The summed E-state index contributed by atoms with van der Waals surface area (Å²) in [5.74, 6) is 0.404. The van der Waals surface area contributed by atoms with Gasteiger partial charge in [-0.25, -0.2) is 9.07 Å². The standard InChI is InChI=1S/C16H15FN4OS/c17-10-4-6-11(7-5-10)21-13-3-1-2-12(13)14(20-21)15(22)19-16-18-8-9-23-16/h4-7H,1-3,8-9H2,(H,18,19,22). The van der Waals surface area contributed by atoms with Crippen molar-refractivity contribution in [3.8, 4) is 5.69 Å². The van der Waals surface area contributed by atoms with Crippen LogP contribution in [0.2, 0.25) is 0 Å². The summed E-state index contributed by atoms with van der Waals surface area (Å²) in [7, 11) is 0. The Kier molecular flexibility index (Phi) is 3.65. The number of halogens is 1. The molecule has 0 bridgehead atoms. The van der Waals surface area contributed by atoms with E-state index < -0.39 is 0 Å². The first-order valence-corrected chi connectivity index (χ1v) is 8.56. The van der Waals surface area contributed by atoms with E-state index in [9.17, 15) is 9.18 Å². The molecule has 0 radical (unpaired) electrons. The molecule has 23 heavy (non-hydrogen) atoms. The average molecular weight is 330 g/mol. The van der Waals surface area contributed by atoms with Crippen molar-refractivity contribution in [2.24, 2.45) is 4.99 Å². The number of carbonyl (C=O) groups is 1. The fourth-order valence-electron chi connectivity index (χ4n) is 2.98. The lowest BCUT2D eigenvalue weighted by Crippen LogP contribution is -2.28. The Morgan fingerprint density at radius 2 is 2.09 bits per heavy atom. The van der Waals surface area contributed by atoms with Crippen molar-refractivity contribution in [1.29, 1.82) is 0 Å². The summed E-state index contributed by atoms with van der Waals surface area (Å²) in [5, 5.41) is 7.99. The van der Waals surface area contributed by atoms with Crippen LogP contribution in [0.15, 0.2) is 29.3 Å². The van der Waals surface area contributed by atoms with Gasteiger partial charge in [-0.3, -0.25) is 15.1 Å². The van der Waals surface area contributed by atoms with Crippen LogP contribution in [0.25, 0.3) is 5.69 Å². The van der Waals surface area contributed by atoms with Crippen LogP contribution in [0.1, 0.15) is 28.2 Å². The summed E-state index contributed by atoms with van der Waals surface area (Å²) in [6.45, 7) is 0.738. The lowest BCUT2D eigenvalue weighted by molar-refractivity contribution is 0.0972. The summed E-state index contributed by atoms with van der Waals surface area (Å²) in [6.07, 6.45) is 2.73. The van der Waals surface area contributed by atoms with Gasteiger partial charge in [-0.1, -0.05) is 11.8 Å². The van der Waals surface area contributed by atoms with Gasteiger partial charge in [0.1, 0.15) is 5.82 Å². The predicted octanol–water partition coefficient (Wildman–Crippen LogP) is 2.33. The van der Waals surface area contributed by atoms with E-state index in [1.807, 2.05) is 0 Å². The summed E-state index contributed by atoms with van der Waals surface area (Å²) in [6, 6.07) is 6.17. The number of aromatic nitrogens is 2. The van der Waals surface area contributed by atoms with Crippen molar-refractivity contribution in [2.45, 2.75) is 19.3 Å². The molecule has 0 saturated heterocycles. The van der Waals surface area contributed by atoms with Crippen LogP contribution in [0, 0.1) is 5.82 Å². The van der Waals surface area contributed by atoms with Gasteiger partial charge in [0, 0.05) is 17.0 Å². The Bertz CT molecular complexity index is 797. The topological polar surface area (TPSA) is 59.3 Å². The highest BCUT2D eigenvalue weighted by Crippen LogP contribution is 2.28. The average Bonchev–Trinajstić information content (AvgIpc) is 3.24. The smallest absolute Gasteiger partial charge is 0.278 e. The van der Waals surface area contributed by atoms with Crippen molar-refractivity contribution in [3.05, 3.63) is 47.0 Å². The highest BCUT2D eigenvalue weighted by atomic mass is 32.2. The zero-order valence-corrected chi connectivity index (χ0v) is 13.2. The van der Waals surface area contributed by atoms with Crippen molar-refractivity contribution in [1.82, 2.24) is 15.1 Å². The number of fused-ring (bicyclic) bond motifs is 1. The van der Waals surface area contributed by atoms with Gasteiger partial charge < -0.3 is 0 Å². The number of amidine groups is 1. The zero-order valence-electron chi connectivity index (χ0n) is 12.4. The largest absolute Gasteiger partial charge is 0.300 e. The summed E-state index contributed by atoms with van der Waals surface area (Å²) < 4.78 is 14.9. The van der Waals surface area contributed by atoms with Crippen molar-refractivity contribution < 1.29 is 9.18 Å². The molecule has 118 valence electrons. The van der Waals surface area contributed by atoms with E-state index in [2.05, 4.69) is 15.4 Å². The molecule has 1 aliphatic carbocycles. The van der Waals surface area contributed by atoms with E-state index in [-0.39, 0.29) is 11.7 Å². The molecule has 5 nitrogen and oxygen atoms in total. The molecular formula is C16H15FN4OS. The van der Waals surface area contributed by atoms with Crippen LogP contribution in [-0.4, -0.2) is 33.2 Å². The molecule has 2 aromatic rings. The number of nitrogens with zero attached hydrogens (tertiary/aromatic N) is 3. The van der Waals surface area contributed by atoms with Crippen LogP contribution in [-0.2, 0) is 12.8 Å². The first-order chi connectivity index (χ1) is 11.2. The minimum Gasteiger partial charge on any atom is -0.300 e. The molecule has 1 amide bonds. The van der Waals surface area contributed by atoms with Gasteiger partial charge >= 0.3 is 0 Å². The molecule has 4 rings (SSSR count). The minimum absolute atomic E-state index is 0.211. The fourth-order valence-corrected chi connectivity index (χ4v) is 3.71. The Morgan fingerprint density at radius 1 is 1.26 bits per heavy atom. The van der Waals surface area contributed by atoms with Gasteiger partial charge in [-0.05, 0) is 43.5 Å². The number of amides is 1. The molecular weight excluding hydrogens is 315 g/mol. The van der Waals surface area contributed by atoms with Crippen LogP contribution in [0.3, 0.4) is 0 Å². The maximum Gasteiger partial charge on any atom is 0.278 e. The van der Waals surface area contributed by atoms with Crippen LogP contribution >= 0.6 is 11.8 Å². The molecule has 2 aliphatic rings. The molecule has 0 unspecified atom stereocenters. The van der Waals surface area contributed by atoms with Gasteiger partial charge in [0.2, 0.25) is 0 Å². The first kappa shape index (κ1) is 14.4. The maximum absolute atomic E-state index is 13.1. The maximum atomic E-state index is 13.1. The molecule has 1 N–H and O–H groups in total. The molecule has 0 atom stereocenters. The fraction of sp³-hybridized carbons (Fsp3) is 0.312. The number of carbonyl (C=O) groups excluding carboxylic acids is 1. The number of rotatable bonds is 2. The van der Waals surface area contributed by atoms with E-state index in [1.165, 1.54) is 12.1 Å². The summed E-state index contributed by atoms with van der Waals surface area (Å²) in [5.41, 5.74) is 3.27. The van der Waals surface area contributed by atoms with Gasteiger partial charge in [0.25, 0.3) is 5.91 Å². The third kappa shape index (κ3) is 2.65. The van der Waals surface area contributed by atoms with Crippen LogP contribution < -0.4 is 5.32 Å². The van der Waals surface area contributed by atoms with E-state index in [1.54, 1.807) is 28.6 Å². The number of thioether (sulfide) groups is 1. The third-order valence-electron chi connectivity index (χ3n) is 4.02. The first-order valence-electron chi connectivity index (χ1n) is 7.58. The minimum atomic E-state index is -0.285. The van der Waals surface area contributed by atoms with E-state index in [0.29, 0.717) is 10.9 Å². The van der Waals surface area contributed by atoms with Crippen molar-refractivity contribution in [3.63, 3.8) is 0 Å². The van der Waals surface area contributed by atoms with Crippen LogP contribution in [0.5, 0.6) is 0 Å². The van der Waals surface area contributed by atoms with Crippen molar-refractivity contribution in [2.75, 3.05) is 12.3 Å². The molecule has 2 heterocycles. The highest BCUT2D eigenvalue weighted by Gasteiger charge is 2.27. The molecule has 0 spiro atoms. The van der Waals surface area contributed by atoms with Gasteiger partial charge in [-0.15, -0.1) is 0 Å². The molecule has 1 aliphatic heterocycles. The predicted molar refractivity (Wildman–Crippen MR) is 87.8 cm³/mol. The second-order valence-corrected chi connectivity index (χ2v) is 6.59. The van der Waals surface area contributed by atoms with Gasteiger partial charge in [0.05, 0.1) is 12.2 Å². The Labute approximate surface area is 137 Å². The molecule has 0 fully saturated rings. The summed E-state index contributed by atoms with van der Waals surface area (Å²) >= 11 is 1.55. The monoisotopic (exact) mass is 330 g/mol. The Morgan fingerprint density at radius 3 is 2.83 bits per heavy atom. The normalized spacial score (nSPS) is 16.3. The summed E-state index contributed by atoms with van der Waals surface area (Å²) in [4.78, 5) is 16.8.